The molecule has 2 N–H and O–H groups in total. The average molecular weight is 301 g/mol. The Kier molecular flexibility index (Phi) is 3.39. The van der Waals surface area contributed by atoms with Crippen molar-refractivity contribution in [3.05, 3.63) is 23.9 Å². The predicted octanol–water partition coefficient (Wildman–Crippen LogP) is 2.56. The van der Waals surface area contributed by atoms with Gasteiger partial charge in [0.2, 0.25) is 11.8 Å². The Morgan fingerprint density at radius 1 is 1.32 bits per heavy atom. The second-order valence-corrected chi connectivity index (χ2v) is 6.66. The molecule has 6 nitrogen and oxygen atoms in total. The van der Waals surface area contributed by atoms with E-state index in [1.165, 1.54) is 0 Å². The van der Waals surface area contributed by atoms with Crippen LogP contribution in [0.4, 0.5) is 5.69 Å². The van der Waals surface area contributed by atoms with E-state index in [-0.39, 0.29) is 17.4 Å². The van der Waals surface area contributed by atoms with Gasteiger partial charge in [-0.05, 0) is 45.4 Å². The minimum absolute atomic E-state index is 0.0698. The predicted molar refractivity (Wildman–Crippen MR) is 82.5 cm³/mol. The van der Waals surface area contributed by atoms with Crippen molar-refractivity contribution in [1.82, 2.24) is 10.5 Å². The molecule has 1 aromatic heterocycles. The Morgan fingerprint density at radius 3 is 2.77 bits per heavy atom. The molecule has 2 amide bonds. The summed E-state index contributed by atoms with van der Waals surface area (Å²) in [4.78, 5) is 23.3. The first-order chi connectivity index (χ1) is 10.3. The number of carbonyl (C=O) groups is 2. The van der Waals surface area contributed by atoms with Gasteiger partial charge in [-0.15, -0.1) is 0 Å². The van der Waals surface area contributed by atoms with E-state index in [1.807, 2.05) is 18.2 Å². The molecular formula is C16H19N3O3. The Hall–Kier alpha value is -2.37. The third-order valence-corrected chi connectivity index (χ3v) is 3.59. The van der Waals surface area contributed by atoms with Gasteiger partial charge < -0.3 is 9.84 Å². The molecule has 1 aliphatic rings. The Balaban J connectivity index is 1.98. The first-order valence-electron chi connectivity index (χ1n) is 7.35. The number of hydrogen-bond donors (Lipinski definition) is 2. The van der Waals surface area contributed by atoms with E-state index in [4.69, 9.17) is 4.52 Å². The van der Waals surface area contributed by atoms with E-state index >= 15 is 0 Å². The molecule has 1 saturated heterocycles. The molecule has 1 aromatic carbocycles. The van der Waals surface area contributed by atoms with Gasteiger partial charge in [-0.25, -0.2) is 0 Å². The standard InChI is InChI=1S/C16H19N3O3/c1-16(2,3)18-9-4-6-12-11(8-9)14(19-22-12)10-5-7-13(20)17-15(10)21/h4,6,8,10,18H,5,7H2,1-3H3,(H,17,20,21). The third kappa shape index (κ3) is 2.81. The molecule has 1 aliphatic heterocycles. The lowest BCUT2D eigenvalue weighted by molar-refractivity contribution is -0.134. The number of nitrogens with one attached hydrogen (secondary N) is 2. The highest BCUT2D eigenvalue weighted by Gasteiger charge is 2.31. The number of aromatic nitrogens is 1. The number of hydrogen-bond acceptors (Lipinski definition) is 5. The molecule has 1 atom stereocenters. The quantitative estimate of drug-likeness (QED) is 0.833. The van der Waals surface area contributed by atoms with Crippen LogP contribution >= 0.6 is 0 Å². The fourth-order valence-corrected chi connectivity index (χ4v) is 2.67. The molecular weight excluding hydrogens is 282 g/mol. The summed E-state index contributed by atoms with van der Waals surface area (Å²) in [5, 5.41) is 10.6. The molecule has 0 radical (unpaired) electrons. The van der Waals surface area contributed by atoms with Gasteiger partial charge in [0.1, 0.15) is 5.69 Å². The Labute approximate surface area is 128 Å². The molecule has 0 spiro atoms. The molecule has 116 valence electrons. The number of fused-ring (bicyclic) bond motifs is 1. The minimum atomic E-state index is -0.441. The second kappa shape index (κ2) is 5.12. The molecule has 6 heteroatoms. The summed E-state index contributed by atoms with van der Waals surface area (Å²) in [6.45, 7) is 6.23. The molecule has 2 aromatic rings. The van der Waals surface area contributed by atoms with E-state index in [9.17, 15) is 9.59 Å². The van der Waals surface area contributed by atoms with E-state index < -0.39 is 5.92 Å². The van der Waals surface area contributed by atoms with Crippen molar-refractivity contribution in [3.8, 4) is 0 Å². The van der Waals surface area contributed by atoms with Crippen molar-refractivity contribution in [3.63, 3.8) is 0 Å². The number of rotatable bonds is 2. The summed E-state index contributed by atoms with van der Waals surface area (Å²) in [6, 6.07) is 5.70. The molecule has 1 unspecified atom stereocenters. The number of carbonyl (C=O) groups excluding carboxylic acids is 2. The van der Waals surface area contributed by atoms with E-state index in [1.54, 1.807) is 0 Å². The van der Waals surface area contributed by atoms with Crippen LogP contribution in [0.1, 0.15) is 45.2 Å². The summed E-state index contributed by atoms with van der Waals surface area (Å²) in [6.07, 6.45) is 0.786. The Bertz CT molecular complexity index is 743. The van der Waals surface area contributed by atoms with Crippen LogP contribution in [0.5, 0.6) is 0 Å². The number of amides is 2. The van der Waals surface area contributed by atoms with Gasteiger partial charge in [0.05, 0.1) is 5.92 Å². The van der Waals surface area contributed by atoms with Crippen molar-refractivity contribution in [2.45, 2.75) is 45.1 Å². The number of piperidine rings is 1. The summed E-state index contributed by atoms with van der Waals surface area (Å²) in [7, 11) is 0. The highest BCUT2D eigenvalue weighted by atomic mass is 16.5. The molecule has 3 rings (SSSR count). The topological polar surface area (TPSA) is 84.2 Å². The third-order valence-electron chi connectivity index (χ3n) is 3.59. The first-order valence-corrected chi connectivity index (χ1v) is 7.35. The van der Waals surface area contributed by atoms with Gasteiger partial charge >= 0.3 is 0 Å². The zero-order valence-corrected chi connectivity index (χ0v) is 12.9. The van der Waals surface area contributed by atoms with Crippen LogP contribution in [0.3, 0.4) is 0 Å². The number of benzene rings is 1. The maximum absolute atomic E-state index is 12.0. The van der Waals surface area contributed by atoms with E-state index in [0.29, 0.717) is 24.1 Å². The normalized spacial score (nSPS) is 19.3. The highest BCUT2D eigenvalue weighted by molar-refractivity contribution is 6.02. The molecule has 2 heterocycles. The lowest BCUT2D eigenvalue weighted by atomic mass is 9.92. The first kappa shape index (κ1) is 14.6. The molecule has 22 heavy (non-hydrogen) atoms. The number of nitrogens with zero attached hydrogens (tertiary/aromatic N) is 1. The fraction of sp³-hybridized carbons (Fsp3) is 0.438. The second-order valence-electron chi connectivity index (χ2n) is 6.66. The van der Waals surface area contributed by atoms with Gasteiger partial charge in [0.25, 0.3) is 0 Å². The largest absolute Gasteiger partial charge is 0.380 e. The molecule has 0 bridgehead atoms. The van der Waals surface area contributed by atoms with E-state index in [0.717, 1.165) is 11.1 Å². The Morgan fingerprint density at radius 2 is 2.09 bits per heavy atom. The fourth-order valence-electron chi connectivity index (χ4n) is 2.67. The van der Waals surface area contributed by atoms with Gasteiger partial charge in [-0.2, -0.15) is 0 Å². The van der Waals surface area contributed by atoms with Crippen molar-refractivity contribution in [2.24, 2.45) is 0 Å². The summed E-state index contributed by atoms with van der Waals surface area (Å²) in [5.74, 6) is -0.978. The van der Waals surface area contributed by atoms with Crippen LogP contribution in [-0.2, 0) is 9.59 Å². The van der Waals surface area contributed by atoms with Crippen molar-refractivity contribution in [2.75, 3.05) is 5.32 Å². The van der Waals surface area contributed by atoms with Crippen LogP contribution in [0, 0.1) is 0 Å². The van der Waals surface area contributed by atoms with Crippen LogP contribution < -0.4 is 10.6 Å². The smallest absolute Gasteiger partial charge is 0.235 e. The van der Waals surface area contributed by atoms with E-state index in [2.05, 4.69) is 36.6 Å². The summed E-state index contributed by atoms with van der Waals surface area (Å²) >= 11 is 0. The maximum atomic E-state index is 12.0. The minimum Gasteiger partial charge on any atom is -0.380 e. The molecule has 0 aliphatic carbocycles. The van der Waals surface area contributed by atoms with Crippen molar-refractivity contribution >= 4 is 28.5 Å². The summed E-state index contributed by atoms with van der Waals surface area (Å²) < 4.78 is 5.32. The van der Waals surface area contributed by atoms with Crippen LogP contribution in [0.25, 0.3) is 11.0 Å². The van der Waals surface area contributed by atoms with Gasteiger partial charge in [-0.3, -0.25) is 14.9 Å². The zero-order valence-electron chi connectivity index (χ0n) is 12.9. The highest BCUT2D eigenvalue weighted by Crippen LogP contribution is 2.32. The monoisotopic (exact) mass is 301 g/mol. The molecule has 0 saturated carbocycles. The summed E-state index contributed by atoms with van der Waals surface area (Å²) in [5.41, 5.74) is 2.10. The zero-order chi connectivity index (χ0) is 15.9. The lowest BCUT2D eigenvalue weighted by Crippen LogP contribution is -2.39. The van der Waals surface area contributed by atoms with Crippen molar-refractivity contribution < 1.29 is 14.1 Å². The average Bonchev–Trinajstić information content (AvgIpc) is 2.80. The maximum Gasteiger partial charge on any atom is 0.235 e. The van der Waals surface area contributed by atoms with Crippen LogP contribution in [0.15, 0.2) is 22.7 Å². The van der Waals surface area contributed by atoms with Gasteiger partial charge in [0.15, 0.2) is 5.58 Å². The van der Waals surface area contributed by atoms with Crippen LogP contribution in [-0.4, -0.2) is 22.5 Å². The lowest BCUT2D eigenvalue weighted by Gasteiger charge is -2.22. The van der Waals surface area contributed by atoms with Gasteiger partial charge in [0, 0.05) is 23.0 Å². The SMILES string of the molecule is CC(C)(C)Nc1ccc2onc(C3CCC(=O)NC3=O)c2c1. The van der Waals surface area contributed by atoms with Crippen LogP contribution in [0.2, 0.25) is 0 Å². The number of anilines is 1. The number of imide groups is 1. The van der Waals surface area contributed by atoms with Crippen molar-refractivity contribution in [1.29, 1.82) is 0 Å². The van der Waals surface area contributed by atoms with Gasteiger partial charge in [-0.1, -0.05) is 5.16 Å². The molecule has 1 fully saturated rings.